The molecule has 2 N–H and O–H groups in total. The number of likely N-dealkylation sites (tertiary alicyclic amines) is 1. The van der Waals surface area contributed by atoms with Gasteiger partial charge < -0.3 is 10.0 Å². The molecular formula is C13H13N3O3S. The molecule has 7 heteroatoms. The third-order valence-electron chi connectivity index (χ3n) is 3.46. The first-order valence-electron chi connectivity index (χ1n) is 6.26. The van der Waals surface area contributed by atoms with Crippen molar-refractivity contribution in [1.29, 1.82) is 0 Å². The van der Waals surface area contributed by atoms with Gasteiger partial charge in [0.25, 0.3) is 5.91 Å². The number of nitrogens with zero attached hydrogens (tertiary/aromatic N) is 2. The number of carboxylic acids is 1. The van der Waals surface area contributed by atoms with Crippen LogP contribution in [0.15, 0.2) is 23.7 Å². The summed E-state index contributed by atoms with van der Waals surface area (Å²) >= 11 is 1.52. The van der Waals surface area contributed by atoms with Crippen molar-refractivity contribution in [3.63, 3.8) is 0 Å². The van der Waals surface area contributed by atoms with Crippen molar-refractivity contribution in [3.8, 4) is 10.6 Å². The molecule has 2 aromatic rings. The number of carboxylic acid groups (broad SMARTS) is 1. The maximum absolute atomic E-state index is 12.5. The highest BCUT2D eigenvalue weighted by atomic mass is 32.1. The first-order valence-corrected chi connectivity index (χ1v) is 7.14. The van der Waals surface area contributed by atoms with Gasteiger partial charge in [-0.25, -0.2) is 0 Å². The van der Waals surface area contributed by atoms with Crippen molar-refractivity contribution in [3.05, 3.63) is 29.3 Å². The number of carbonyl (C=O) groups excluding carboxylic acids is 1. The normalized spacial score (nSPS) is 18.4. The fourth-order valence-corrected chi connectivity index (χ4v) is 3.11. The summed E-state index contributed by atoms with van der Waals surface area (Å²) in [4.78, 5) is 26.0. The molecule has 104 valence electrons. The molecule has 0 radical (unpaired) electrons. The molecule has 0 aliphatic carbocycles. The molecule has 3 heterocycles. The Morgan fingerprint density at radius 1 is 1.50 bits per heavy atom. The van der Waals surface area contributed by atoms with Crippen LogP contribution in [0, 0.1) is 5.92 Å². The Balaban J connectivity index is 1.82. The van der Waals surface area contributed by atoms with Gasteiger partial charge in [0.05, 0.1) is 28.2 Å². The Kier molecular flexibility index (Phi) is 3.27. The van der Waals surface area contributed by atoms with Crippen molar-refractivity contribution in [1.82, 2.24) is 15.1 Å². The van der Waals surface area contributed by atoms with Crippen LogP contribution in [0.3, 0.4) is 0 Å². The van der Waals surface area contributed by atoms with Crippen molar-refractivity contribution >= 4 is 23.2 Å². The summed E-state index contributed by atoms with van der Waals surface area (Å²) in [6, 6.07) is 3.82. The first-order chi connectivity index (χ1) is 9.66. The van der Waals surface area contributed by atoms with Crippen LogP contribution < -0.4 is 0 Å². The number of amides is 1. The average molecular weight is 291 g/mol. The number of thiophene rings is 1. The quantitative estimate of drug-likeness (QED) is 0.901. The maximum atomic E-state index is 12.5. The summed E-state index contributed by atoms with van der Waals surface area (Å²) in [6.07, 6.45) is 2.01. The minimum absolute atomic E-state index is 0.161. The van der Waals surface area contributed by atoms with Crippen molar-refractivity contribution in [2.45, 2.75) is 6.42 Å². The van der Waals surface area contributed by atoms with E-state index in [0.29, 0.717) is 24.2 Å². The van der Waals surface area contributed by atoms with Gasteiger partial charge in [0.2, 0.25) is 0 Å². The molecule has 0 bridgehead atoms. The van der Waals surface area contributed by atoms with E-state index in [0.717, 1.165) is 4.88 Å². The standard InChI is InChI=1S/C13H13N3O3S/c17-12(16-4-3-8(7-16)13(18)19)9-6-14-15-11(9)10-2-1-5-20-10/h1-2,5-6,8H,3-4,7H2,(H,14,15)(H,18,19)/t8-/m0/s1. The fraction of sp³-hybridized carbons (Fsp3) is 0.308. The summed E-state index contributed by atoms with van der Waals surface area (Å²) in [7, 11) is 0. The van der Waals surface area contributed by atoms with Crippen LogP contribution in [0.5, 0.6) is 0 Å². The van der Waals surface area contributed by atoms with E-state index in [-0.39, 0.29) is 12.5 Å². The van der Waals surface area contributed by atoms with Crippen molar-refractivity contribution in [2.75, 3.05) is 13.1 Å². The molecule has 1 aliphatic heterocycles. The van der Waals surface area contributed by atoms with Crippen molar-refractivity contribution in [2.24, 2.45) is 5.92 Å². The molecule has 0 saturated carbocycles. The highest BCUT2D eigenvalue weighted by Gasteiger charge is 2.32. The van der Waals surface area contributed by atoms with Crippen LogP contribution >= 0.6 is 11.3 Å². The second-order valence-corrected chi connectivity index (χ2v) is 5.66. The molecule has 2 aromatic heterocycles. The van der Waals surface area contributed by atoms with E-state index < -0.39 is 11.9 Å². The molecule has 1 amide bonds. The minimum atomic E-state index is -0.842. The van der Waals surface area contributed by atoms with Crippen LogP contribution in [0.25, 0.3) is 10.6 Å². The summed E-state index contributed by atoms with van der Waals surface area (Å²) < 4.78 is 0. The van der Waals surface area contributed by atoms with E-state index in [9.17, 15) is 9.59 Å². The van der Waals surface area contributed by atoms with E-state index in [1.807, 2.05) is 17.5 Å². The van der Waals surface area contributed by atoms with E-state index >= 15 is 0 Å². The van der Waals surface area contributed by atoms with Gasteiger partial charge in [0.1, 0.15) is 0 Å². The number of aliphatic carboxylic acids is 1. The molecule has 1 fully saturated rings. The first kappa shape index (κ1) is 12.9. The molecule has 0 spiro atoms. The molecule has 20 heavy (non-hydrogen) atoms. The Bertz CT molecular complexity index is 635. The van der Waals surface area contributed by atoms with Crippen LogP contribution in [-0.4, -0.2) is 45.2 Å². The molecule has 3 rings (SSSR count). The lowest BCUT2D eigenvalue weighted by Crippen LogP contribution is -2.30. The molecule has 6 nitrogen and oxygen atoms in total. The topological polar surface area (TPSA) is 86.3 Å². The van der Waals surface area contributed by atoms with E-state index in [2.05, 4.69) is 10.2 Å². The molecular weight excluding hydrogens is 278 g/mol. The van der Waals surface area contributed by atoms with Crippen LogP contribution in [-0.2, 0) is 4.79 Å². The average Bonchev–Trinajstić information content (AvgIpc) is 3.17. The number of hydrogen-bond acceptors (Lipinski definition) is 4. The Hall–Kier alpha value is -2.15. The minimum Gasteiger partial charge on any atom is -0.481 e. The van der Waals surface area contributed by atoms with Gasteiger partial charge in [-0.15, -0.1) is 11.3 Å². The van der Waals surface area contributed by atoms with E-state index in [1.165, 1.54) is 17.5 Å². The van der Waals surface area contributed by atoms with E-state index in [1.54, 1.807) is 4.90 Å². The lowest BCUT2D eigenvalue weighted by atomic mass is 10.1. The van der Waals surface area contributed by atoms with Gasteiger partial charge in [-0.1, -0.05) is 6.07 Å². The van der Waals surface area contributed by atoms with Crippen molar-refractivity contribution < 1.29 is 14.7 Å². The molecule has 0 unspecified atom stereocenters. The molecule has 0 aromatic carbocycles. The summed E-state index contributed by atoms with van der Waals surface area (Å²) in [5, 5.41) is 17.7. The lowest BCUT2D eigenvalue weighted by Gasteiger charge is -2.15. The lowest BCUT2D eigenvalue weighted by molar-refractivity contribution is -0.141. The Morgan fingerprint density at radius 3 is 3.00 bits per heavy atom. The third-order valence-corrected chi connectivity index (χ3v) is 4.35. The van der Waals surface area contributed by atoms with Crippen LogP contribution in [0.2, 0.25) is 0 Å². The zero-order valence-electron chi connectivity index (χ0n) is 10.6. The monoisotopic (exact) mass is 291 g/mol. The predicted molar refractivity (Wildman–Crippen MR) is 73.5 cm³/mol. The van der Waals surface area contributed by atoms with Gasteiger partial charge >= 0.3 is 5.97 Å². The van der Waals surface area contributed by atoms with Gasteiger partial charge in [-0.05, 0) is 17.9 Å². The second kappa shape index (κ2) is 5.09. The number of carbonyl (C=O) groups is 2. The van der Waals surface area contributed by atoms with Crippen LogP contribution in [0.4, 0.5) is 0 Å². The Labute approximate surface area is 119 Å². The number of nitrogens with one attached hydrogen (secondary N) is 1. The smallest absolute Gasteiger partial charge is 0.308 e. The largest absolute Gasteiger partial charge is 0.481 e. The third kappa shape index (κ3) is 2.20. The zero-order valence-corrected chi connectivity index (χ0v) is 11.4. The highest BCUT2D eigenvalue weighted by Crippen LogP contribution is 2.28. The number of H-pyrrole nitrogens is 1. The summed E-state index contributed by atoms with van der Waals surface area (Å²) in [5.74, 6) is -1.46. The van der Waals surface area contributed by atoms with Gasteiger partial charge in [0.15, 0.2) is 0 Å². The SMILES string of the molecule is O=C(O)[C@H]1CCN(C(=O)c2cn[nH]c2-c2cccs2)C1. The highest BCUT2D eigenvalue weighted by molar-refractivity contribution is 7.13. The zero-order chi connectivity index (χ0) is 14.1. The van der Waals surface area contributed by atoms with Crippen LogP contribution in [0.1, 0.15) is 16.8 Å². The van der Waals surface area contributed by atoms with E-state index in [4.69, 9.17) is 5.11 Å². The summed E-state index contributed by atoms with van der Waals surface area (Å²) in [6.45, 7) is 0.744. The summed E-state index contributed by atoms with van der Waals surface area (Å²) in [5.41, 5.74) is 1.20. The maximum Gasteiger partial charge on any atom is 0.308 e. The van der Waals surface area contributed by atoms with Gasteiger partial charge in [-0.3, -0.25) is 14.7 Å². The van der Waals surface area contributed by atoms with Gasteiger partial charge in [0, 0.05) is 13.1 Å². The molecule has 1 saturated heterocycles. The second-order valence-electron chi connectivity index (χ2n) is 4.71. The number of rotatable bonds is 3. The van der Waals surface area contributed by atoms with Gasteiger partial charge in [-0.2, -0.15) is 5.10 Å². The predicted octanol–water partition coefficient (Wildman–Crippen LogP) is 1.68. The molecule has 1 atom stereocenters. The number of hydrogen-bond donors (Lipinski definition) is 2. The fourth-order valence-electron chi connectivity index (χ4n) is 2.37. The Morgan fingerprint density at radius 2 is 2.35 bits per heavy atom. The molecule has 1 aliphatic rings. The number of aromatic amines is 1. The number of aromatic nitrogens is 2.